The smallest absolute Gasteiger partial charge is 0.241 e. The monoisotopic (exact) mass is 340 g/mol. The van der Waals surface area contributed by atoms with Gasteiger partial charge in [0.2, 0.25) is 5.91 Å². The van der Waals surface area contributed by atoms with Crippen molar-refractivity contribution < 1.29 is 23.4 Å². The standard InChI is InChI=1S/C17H22F2N2O3/c1-10(9-24-13-4-3-11(18)7-12(13)19)21-15(23)17(20)8-14(22)16(17)5-2-6-16/h3-4,7,10,14,22H,2,5-6,8-9,20H2,1H3,(H,21,23)/t10?,14-,17-/m0/s1. The summed E-state index contributed by atoms with van der Waals surface area (Å²) < 4.78 is 31.7. The van der Waals surface area contributed by atoms with E-state index in [0.717, 1.165) is 31.4 Å². The van der Waals surface area contributed by atoms with E-state index >= 15 is 0 Å². The van der Waals surface area contributed by atoms with Gasteiger partial charge in [0, 0.05) is 17.9 Å². The second-order valence-corrected chi connectivity index (χ2v) is 6.96. The average molecular weight is 340 g/mol. The summed E-state index contributed by atoms with van der Waals surface area (Å²) >= 11 is 0. The molecule has 2 saturated carbocycles. The molecule has 2 aliphatic rings. The van der Waals surface area contributed by atoms with Gasteiger partial charge in [0.15, 0.2) is 11.6 Å². The Bertz CT molecular complexity index is 651. The first-order valence-corrected chi connectivity index (χ1v) is 8.14. The minimum atomic E-state index is -1.06. The molecule has 0 heterocycles. The summed E-state index contributed by atoms with van der Waals surface area (Å²) in [5, 5.41) is 12.8. The lowest BCUT2D eigenvalue weighted by atomic mass is 9.44. The lowest BCUT2D eigenvalue weighted by molar-refractivity contribution is -0.193. The summed E-state index contributed by atoms with van der Waals surface area (Å²) in [5.41, 5.74) is 4.70. The third-order valence-electron chi connectivity index (χ3n) is 5.45. The highest BCUT2D eigenvalue weighted by Crippen LogP contribution is 2.60. The van der Waals surface area contributed by atoms with Gasteiger partial charge >= 0.3 is 0 Å². The quantitative estimate of drug-likeness (QED) is 0.758. The minimum Gasteiger partial charge on any atom is -0.488 e. The van der Waals surface area contributed by atoms with Crippen LogP contribution in [0.4, 0.5) is 8.78 Å². The topological polar surface area (TPSA) is 84.6 Å². The van der Waals surface area contributed by atoms with E-state index in [9.17, 15) is 18.7 Å². The van der Waals surface area contributed by atoms with Crippen LogP contribution in [0.15, 0.2) is 18.2 Å². The zero-order valence-corrected chi connectivity index (χ0v) is 13.5. The fourth-order valence-corrected chi connectivity index (χ4v) is 3.73. The largest absolute Gasteiger partial charge is 0.488 e. The van der Waals surface area contributed by atoms with Gasteiger partial charge < -0.3 is 20.9 Å². The van der Waals surface area contributed by atoms with E-state index in [-0.39, 0.29) is 24.7 Å². The van der Waals surface area contributed by atoms with Crippen LogP contribution in [0.25, 0.3) is 0 Å². The molecule has 1 unspecified atom stereocenters. The molecule has 2 fully saturated rings. The SMILES string of the molecule is CC(COc1ccc(F)cc1F)NC(=O)[C@@]1(N)C[C@H](O)C12CCC2. The zero-order chi connectivity index (χ0) is 17.5. The first-order valence-electron chi connectivity index (χ1n) is 8.14. The maximum absolute atomic E-state index is 13.5. The van der Waals surface area contributed by atoms with Crippen molar-refractivity contribution >= 4 is 5.91 Å². The lowest BCUT2D eigenvalue weighted by Gasteiger charge is -2.64. The van der Waals surface area contributed by atoms with E-state index in [2.05, 4.69) is 5.32 Å². The Morgan fingerprint density at radius 3 is 2.75 bits per heavy atom. The number of aliphatic hydroxyl groups is 1. The maximum Gasteiger partial charge on any atom is 0.241 e. The van der Waals surface area contributed by atoms with E-state index in [1.54, 1.807) is 6.92 Å². The molecule has 2 aliphatic carbocycles. The van der Waals surface area contributed by atoms with Gasteiger partial charge in [-0.25, -0.2) is 8.78 Å². The normalized spacial score (nSPS) is 28.6. The van der Waals surface area contributed by atoms with Crippen LogP contribution in [0.5, 0.6) is 5.75 Å². The summed E-state index contributed by atoms with van der Waals surface area (Å²) in [6.45, 7) is 1.74. The van der Waals surface area contributed by atoms with Crippen molar-refractivity contribution in [2.75, 3.05) is 6.61 Å². The van der Waals surface area contributed by atoms with Crippen molar-refractivity contribution in [1.82, 2.24) is 5.32 Å². The highest BCUT2D eigenvalue weighted by atomic mass is 19.1. The van der Waals surface area contributed by atoms with E-state index in [0.29, 0.717) is 0 Å². The Balaban J connectivity index is 1.55. The molecule has 0 radical (unpaired) electrons. The molecule has 7 heteroatoms. The van der Waals surface area contributed by atoms with Gasteiger partial charge in [-0.05, 0) is 31.9 Å². The van der Waals surface area contributed by atoms with Gasteiger partial charge in [-0.3, -0.25) is 4.79 Å². The van der Waals surface area contributed by atoms with Crippen molar-refractivity contribution in [3.8, 4) is 5.75 Å². The van der Waals surface area contributed by atoms with Gasteiger partial charge in [-0.1, -0.05) is 6.42 Å². The first kappa shape index (κ1) is 17.1. The van der Waals surface area contributed by atoms with E-state index in [1.165, 1.54) is 6.07 Å². The number of benzene rings is 1. The Kier molecular flexibility index (Phi) is 4.25. The number of nitrogens with two attached hydrogens (primary N) is 1. The second-order valence-electron chi connectivity index (χ2n) is 6.96. The molecule has 0 aliphatic heterocycles. The predicted octanol–water partition coefficient (Wildman–Crippen LogP) is 1.48. The summed E-state index contributed by atoms with van der Waals surface area (Å²) in [6.07, 6.45) is 2.19. The van der Waals surface area contributed by atoms with Crippen molar-refractivity contribution in [3.63, 3.8) is 0 Å². The molecule has 5 nitrogen and oxygen atoms in total. The van der Waals surface area contributed by atoms with Crippen LogP contribution < -0.4 is 15.8 Å². The number of aliphatic hydroxyl groups excluding tert-OH is 1. The van der Waals surface area contributed by atoms with Crippen LogP contribution in [-0.2, 0) is 4.79 Å². The fourth-order valence-electron chi connectivity index (χ4n) is 3.73. The Hall–Kier alpha value is -1.73. The molecule has 24 heavy (non-hydrogen) atoms. The molecule has 1 spiro atoms. The van der Waals surface area contributed by atoms with E-state index in [4.69, 9.17) is 10.5 Å². The number of amides is 1. The third-order valence-corrected chi connectivity index (χ3v) is 5.45. The summed E-state index contributed by atoms with van der Waals surface area (Å²) in [6, 6.07) is 2.64. The average Bonchev–Trinajstić information content (AvgIpc) is 2.43. The number of carbonyl (C=O) groups is 1. The molecule has 4 N–H and O–H groups in total. The molecule has 132 valence electrons. The number of halogens is 2. The fraction of sp³-hybridized carbons (Fsp3) is 0.588. The molecule has 1 aromatic carbocycles. The third kappa shape index (κ3) is 2.56. The predicted molar refractivity (Wildman–Crippen MR) is 83.3 cm³/mol. The van der Waals surface area contributed by atoms with E-state index < -0.39 is 34.7 Å². The van der Waals surface area contributed by atoms with Crippen LogP contribution in [-0.4, -0.2) is 35.3 Å². The Labute approximate surface area is 139 Å². The highest BCUT2D eigenvalue weighted by Gasteiger charge is 2.69. The lowest BCUT2D eigenvalue weighted by Crippen LogP contribution is -2.79. The number of ether oxygens (including phenoxy) is 1. The van der Waals surface area contributed by atoms with Gasteiger partial charge in [0.1, 0.15) is 18.0 Å². The van der Waals surface area contributed by atoms with Crippen LogP contribution >= 0.6 is 0 Å². The zero-order valence-electron chi connectivity index (χ0n) is 13.5. The highest BCUT2D eigenvalue weighted by molar-refractivity contribution is 5.89. The molecular formula is C17H22F2N2O3. The van der Waals surface area contributed by atoms with Crippen molar-refractivity contribution in [2.24, 2.45) is 11.1 Å². The Morgan fingerprint density at radius 1 is 1.50 bits per heavy atom. The van der Waals surface area contributed by atoms with Crippen LogP contribution in [0.3, 0.4) is 0 Å². The second kappa shape index (κ2) is 5.97. The number of hydrogen-bond donors (Lipinski definition) is 3. The summed E-state index contributed by atoms with van der Waals surface area (Å²) in [7, 11) is 0. The molecule has 1 aromatic rings. The number of carbonyl (C=O) groups excluding carboxylic acids is 1. The van der Waals surface area contributed by atoms with Gasteiger partial charge in [-0.2, -0.15) is 0 Å². The number of rotatable bonds is 5. The summed E-state index contributed by atoms with van der Waals surface area (Å²) in [4.78, 5) is 12.5. The molecule has 0 bridgehead atoms. The molecule has 0 saturated heterocycles. The van der Waals surface area contributed by atoms with E-state index in [1.807, 2.05) is 0 Å². The first-order chi connectivity index (χ1) is 11.3. The number of nitrogens with one attached hydrogen (secondary N) is 1. The van der Waals surface area contributed by atoms with Gasteiger partial charge in [0.05, 0.1) is 12.1 Å². The molecule has 3 rings (SSSR count). The molecular weight excluding hydrogens is 318 g/mol. The number of hydrogen-bond acceptors (Lipinski definition) is 4. The maximum atomic E-state index is 13.5. The van der Waals surface area contributed by atoms with Crippen LogP contribution in [0.1, 0.15) is 32.6 Å². The van der Waals surface area contributed by atoms with Crippen LogP contribution in [0, 0.1) is 17.0 Å². The van der Waals surface area contributed by atoms with Crippen molar-refractivity contribution in [3.05, 3.63) is 29.8 Å². The van der Waals surface area contributed by atoms with Gasteiger partial charge in [0.25, 0.3) is 0 Å². The summed E-state index contributed by atoms with van der Waals surface area (Å²) in [5.74, 6) is -1.86. The van der Waals surface area contributed by atoms with Crippen LogP contribution in [0.2, 0.25) is 0 Å². The molecule has 1 amide bonds. The van der Waals surface area contributed by atoms with Gasteiger partial charge in [-0.15, -0.1) is 0 Å². The minimum absolute atomic E-state index is 0.0277. The van der Waals surface area contributed by atoms with Crippen molar-refractivity contribution in [1.29, 1.82) is 0 Å². The molecule has 3 atom stereocenters. The Morgan fingerprint density at radius 2 is 2.21 bits per heavy atom. The molecule has 0 aromatic heterocycles. The van der Waals surface area contributed by atoms with Crippen molar-refractivity contribution in [2.45, 2.75) is 50.3 Å².